The maximum absolute atomic E-state index is 11.0. The van der Waals surface area contributed by atoms with E-state index in [1.54, 1.807) is 7.11 Å². The van der Waals surface area contributed by atoms with Crippen LogP contribution in [0.15, 0.2) is 24.3 Å². The highest BCUT2D eigenvalue weighted by Crippen LogP contribution is 2.21. The van der Waals surface area contributed by atoms with Crippen LogP contribution in [0, 0.1) is 5.92 Å². The van der Waals surface area contributed by atoms with Crippen molar-refractivity contribution in [1.29, 1.82) is 0 Å². The van der Waals surface area contributed by atoms with Crippen molar-refractivity contribution in [3.05, 3.63) is 29.8 Å². The van der Waals surface area contributed by atoms with Gasteiger partial charge in [0.15, 0.2) is 0 Å². The second-order valence-corrected chi connectivity index (χ2v) is 5.98. The number of aliphatic hydroxyl groups is 1. The van der Waals surface area contributed by atoms with E-state index in [9.17, 15) is 9.90 Å². The first-order chi connectivity index (χ1) is 10.6. The SMILES string of the molecule is COc1cccc(CCCN2CCC([C@H](O)C(N)=O)CC2)c1. The van der Waals surface area contributed by atoms with Crippen LogP contribution in [0.1, 0.15) is 24.8 Å². The number of benzene rings is 1. The first kappa shape index (κ1) is 16.8. The van der Waals surface area contributed by atoms with Crippen LogP contribution in [0.5, 0.6) is 5.75 Å². The number of piperidine rings is 1. The normalized spacial score (nSPS) is 18.1. The molecule has 0 aliphatic carbocycles. The Morgan fingerprint density at radius 1 is 1.45 bits per heavy atom. The number of rotatable bonds is 7. The molecule has 1 aromatic rings. The van der Waals surface area contributed by atoms with Crippen molar-refractivity contribution in [2.24, 2.45) is 11.7 Å². The Bertz CT molecular complexity index is 485. The summed E-state index contributed by atoms with van der Waals surface area (Å²) in [6.45, 7) is 2.89. The summed E-state index contributed by atoms with van der Waals surface area (Å²) in [7, 11) is 1.68. The maximum Gasteiger partial charge on any atom is 0.246 e. The lowest BCUT2D eigenvalue weighted by Gasteiger charge is -2.33. The van der Waals surface area contributed by atoms with E-state index < -0.39 is 12.0 Å². The Kier molecular flexibility index (Phi) is 6.21. The van der Waals surface area contributed by atoms with Crippen LogP contribution in [0.2, 0.25) is 0 Å². The molecule has 1 aromatic carbocycles. The number of likely N-dealkylation sites (tertiary alicyclic amines) is 1. The minimum Gasteiger partial charge on any atom is -0.497 e. The number of amides is 1. The minimum atomic E-state index is -0.987. The van der Waals surface area contributed by atoms with Crippen LogP contribution in [0.25, 0.3) is 0 Å². The molecule has 3 N–H and O–H groups in total. The second kappa shape index (κ2) is 8.15. The van der Waals surface area contributed by atoms with Crippen molar-refractivity contribution in [2.75, 3.05) is 26.7 Å². The van der Waals surface area contributed by atoms with Gasteiger partial charge in [-0.05, 0) is 68.9 Å². The van der Waals surface area contributed by atoms with Crippen molar-refractivity contribution < 1.29 is 14.6 Å². The first-order valence-electron chi connectivity index (χ1n) is 7.93. The third-order valence-electron chi connectivity index (χ3n) is 4.44. The minimum absolute atomic E-state index is 0.0205. The van der Waals surface area contributed by atoms with Crippen LogP contribution in [-0.2, 0) is 11.2 Å². The lowest BCUT2D eigenvalue weighted by atomic mass is 9.91. The lowest BCUT2D eigenvalue weighted by molar-refractivity contribution is -0.129. The van der Waals surface area contributed by atoms with Gasteiger partial charge in [-0.2, -0.15) is 0 Å². The summed E-state index contributed by atoms with van der Waals surface area (Å²) in [5.41, 5.74) is 6.45. The van der Waals surface area contributed by atoms with Crippen LogP contribution >= 0.6 is 0 Å². The molecule has 1 amide bonds. The Balaban J connectivity index is 1.69. The molecule has 0 spiro atoms. The van der Waals surface area contributed by atoms with E-state index in [1.165, 1.54) is 5.56 Å². The maximum atomic E-state index is 11.0. The third kappa shape index (κ3) is 4.71. The van der Waals surface area contributed by atoms with Gasteiger partial charge in [-0.25, -0.2) is 0 Å². The highest BCUT2D eigenvalue weighted by Gasteiger charge is 2.28. The molecule has 1 aliphatic rings. The highest BCUT2D eigenvalue weighted by atomic mass is 16.5. The van der Waals surface area contributed by atoms with Crippen molar-refractivity contribution >= 4 is 5.91 Å². The summed E-state index contributed by atoms with van der Waals surface area (Å²) in [5, 5.41) is 9.71. The van der Waals surface area contributed by atoms with Gasteiger partial charge in [0.1, 0.15) is 11.9 Å². The number of hydrogen-bond donors (Lipinski definition) is 2. The number of methoxy groups -OCH3 is 1. The van der Waals surface area contributed by atoms with Crippen molar-refractivity contribution in [1.82, 2.24) is 4.90 Å². The average molecular weight is 306 g/mol. The summed E-state index contributed by atoms with van der Waals surface area (Å²) in [5.74, 6) is 0.322. The van der Waals surface area contributed by atoms with Crippen LogP contribution in [0.4, 0.5) is 0 Å². The molecule has 1 aliphatic heterocycles. The zero-order valence-electron chi connectivity index (χ0n) is 13.2. The second-order valence-electron chi connectivity index (χ2n) is 5.98. The summed E-state index contributed by atoms with van der Waals surface area (Å²) in [6.07, 6.45) is 2.81. The Morgan fingerprint density at radius 3 is 2.82 bits per heavy atom. The molecule has 1 atom stereocenters. The molecule has 0 bridgehead atoms. The number of nitrogens with zero attached hydrogens (tertiary/aromatic N) is 1. The largest absolute Gasteiger partial charge is 0.497 e. The fourth-order valence-corrected chi connectivity index (χ4v) is 3.06. The molecule has 5 heteroatoms. The predicted molar refractivity (Wildman–Crippen MR) is 85.7 cm³/mol. The zero-order valence-corrected chi connectivity index (χ0v) is 13.2. The van der Waals surface area contributed by atoms with E-state index in [-0.39, 0.29) is 5.92 Å². The molecule has 0 unspecified atom stereocenters. The molecule has 1 fully saturated rings. The number of nitrogens with two attached hydrogens (primary N) is 1. The number of ether oxygens (including phenoxy) is 1. The third-order valence-corrected chi connectivity index (χ3v) is 4.44. The van der Waals surface area contributed by atoms with Gasteiger partial charge in [0.25, 0.3) is 0 Å². The van der Waals surface area contributed by atoms with Gasteiger partial charge in [0.2, 0.25) is 5.91 Å². The topological polar surface area (TPSA) is 75.8 Å². The van der Waals surface area contributed by atoms with Crippen molar-refractivity contribution in [3.8, 4) is 5.75 Å². The fraction of sp³-hybridized carbons (Fsp3) is 0.588. The monoisotopic (exact) mass is 306 g/mol. The van der Waals surface area contributed by atoms with Gasteiger partial charge in [0.05, 0.1) is 7.11 Å². The number of carbonyl (C=O) groups excluding carboxylic acids is 1. The Morgan fingerprint density at radius 2 is 2.18 bits per heavy atom. The lowest BCUT2D eigenvalue weighted by Crippen LogP contribution is -2.43. The number of aryl methyl sites for hydroxylation is 1. The first-order valence-corrected chi connectivity index (χ1v) is 7.93. The molecule has 122 valence electrons. The van der Waals surface area contributed by atoms with E-state index >= 15 is 0 Å². The van der Waals surface area contributed by atoms with Crippen LogP contribution in [0.3, 0.4) is 0 Å². The molecule has 22 heavy (non-hydrogen) atoms. The summed E-state index contributed by atoms with van der Waals surface area (Å²) in [4.78, 5) is 13.4. The fourth-order valence-electron chi connectivity index (χ4n) is 3.06. The zero-order chi connectivity index (χ0) is 15.9. The quantitative estimate of drug-likeness (QED) is 0.793. The number of carbonyl (C=O) groups is 1. The number of aliphatic hydroxyl groups excluding tert-OH is 1. The van der Waals surface area contributed by atoms with E-state index in [2.05, 4.69) is 17.0 Å². The molecule has 0 saturated carbocycles. The van der Waals surface area contributed by atoms with Crippen molar-refractivity contribution in [3.63, 3.8) is 0 Å². The summed E-state index contributed by atoms with van der Waals surface area (Å²) < 4.78 is 5.23. The molecular formula is C17H26N2O3. The number of primary amides is 1. The predicted octanol–water partition coefficient (Wildman–Crippen LogP) is 1.19. The van der Waals surface area contributed by atoms with Crippen LogP contribution < -0.4 is 10.5 Å². The average Bonchev–Trinajstić information content (AvgIpc) is 2.55. The molecule has 0 aromatic heterocycles. The Labute approximate surface area is 132 Å². The molecule has 0 radical (unpaired) electrons. The van der Waals surface area contributed by atoms with Crippen LogP contribution in [-0.4, -0.2) is 48.8 Å². The highest BCUT2D eigenvalue weighted by molar-refractivity contribution is 5.78. The molecule has 2 rings (SSSR count). The summed E-state index contributed by atoms with van der Waals surface area (Å²) >= 11 is 0. The number of hydrogen-bond acceptors (Lipinski definition) is 4. The van der Waals surface area contributed by atoms with E-state index in [0.717, 1.165) is 51.1 Å². The molecule has 1 heterocycles. The van der Waals surface area contributed by atoms with E-state index in [0.29, 0.717) is 0 Å². The van der Waals surface area contributed by atoms with E-state index in [4.69, 9.17) is 10.5 Å². The van der Waals surface area contributed by atoms with Crippen molar-refractivity contribution in [2.45, 2.75) is 31.8 Å². The standard InChI is InChI=1S/C17H26N2O3/c1-22-15-6-2-4-13(12-15)5-3-9-19-10-7-14(8-11-19)16(20)17(18)21/h2,4,6,12,14,16,20H,3,5,7-11H2,1H3,(H2,18,21)/t16-/m0/s1. The van der Waals surface area contributed by atoms with E-state index in [1.807, 2.05) is 12.1 Å². The van der Waals surface area contributed by atoms with Gasteiger partial charge in [-0.15, -0.1) is 0 Å². The van der Waals surface area contributed by atoms with Gasteiger partial charge >= 0.3 is 0 Å². The Hall–Kier alpha value is -1.59. The summed E-state index contributed by atoms with van der Waals surface area (Å²) in [6, 6.07) is 8.18. The van der Waals surface area contributed by atoms with Gasteiger partial charge in [-0.1, -0.05) is 12.1 Å². The molecule has 1 saturated heterocycles. The van der Waals surface area contributed by atoms with Gasteiger partial charge in [-0.3, -0.25) is 4.79 Å². The van der Waals surface area contributed by atoms with Gasteiger partial charge < -0.3 is 20.5 Å². The molecule has 5 nitrogen and oxygen atoms in total. The van der Waals surface area contributed by atoms with Gasteiger partial charge in [0, 0.05) is 0 Å². The molecular weight excluding hydrogens is 280 g/mol. The smallest absolute Gasteiger partial charge is 0.246 e.